The summed E-state index contributed by atoms with van der Waals surface area (Å²) in [5.74, 6) is 0.214. The van der Waals surface area contributed by atoms with Crippen LogP contribution in [0.3, 0.4) is 0 Å². The highest BCUT2D eigenvalue weighted by Crippen LogP contribution is 2.44. The van der Waals surface area contributed by atoms with Gasteiger partial charge in [0, 0.05) is 6.07 Å². The van der Waals surface area contributed by atoms with Crippen molar-refractivity contribution < 1.29 is 39.1 Å². The Morgan fingerprint density at radius 2 is 1.66 bits per heavy atom. The van der Waals surface area contributed by atoms with E-state index in [2.05, 4.69) is 0 Å². The van der Waals surface area contributed by atoms with Crippen LogP contribution in [0.25, 0.3) is 22.1 Å². The fraction of sp³-hybridized carbons (Fsp3) is 0.348. The van der Waals surface area contributed by atoms with Gasteiger partial charge in [0.1, 0.15) is 58.9 Å². The number of fused-ring (bicyclic) bond motifs is 1. The molecule has 4 rings (SSSR count). The molecule has 5 unspecified atom stereocenters. The number of phenolic OH excluding ortho intramolecular Hbond substituents is 1. The molecular weight excluding hydrogens is 420 g/mol. The average Bonchev–Trinajstić information content (AvgIpc) is 2.80. The Balaban J connectivity index is 1.91. The van der Waals surface area contributed by atoms with Crippen LogP contribution in [-0.4, -0.2) is 59.1 Å². The van der Waals surface area contributed by atoms with E-state index >= 15 is 0 Å². The van der Waals surface area contributed by atoms with Crippen molar-refractivity contribution in [1.82, 2.24) is 0 Å². The maximum atomic E-state index is 13.3. The Morgan fingerprint density at radius 3 is 2.28 bits per heavy atom. The maximum absolute atomic E-state index is 13.3. The van der Waals surface area contributed by atoms with Crippen LogP contribution in [0, 0.1) is 0 Å². The van der Waals surface area contributed by atoms with Gasteiger partial charge in [-0.1, -0.05) is 12.1 Å². The molecule has 0 amide bonds. The lowest BCUT2D eigenvalue weighted by Gasteiger charge is -2.40. The molecule has 2 heterocycles. The molecule has 170 valence electrons. The monoisotopic (exact) mass is 444 g/mol. The average molecular weight is 444 g/mol. The van der Waals surface area contributed by atoms with Crippen molar-refractivity contribution in [2.75, 3.05) is 14.2 Å². The van der Waals surface area contributed by atoms with Crippen LogP contribution in [0.1, 0.15) is 18.6 Å². The third-order valence-electron chi connectivity index (χ3n) is 5.80. The summed E-state index contributed by atoms with van der Waals surface area (Å²) < 4.78 is 21.8. The Kier molecular flexibility index (Phi) is 5.83. The molecular formula is C23H24O9. The molecule has 3 aromatic rings. The van der Waals surface area contributed by atoms with Crippen LogP contribution < -0.4 is 14.9 Å². The second kappa shape index (κ2) is 8.44. The lowest BCUT2D eigenvalue weighted by Crippen LogP contribution is -2.53. The third kappa shape index (κ3) is 3.49. The van der Waals surface area contributed by atoms with Gasteiger partial charge < -0.3 is 39.1 Å². The molecule has 0 saturated carbocycles. The highest BCUT2D eigenvalue weighted by molar-refractivity contribution is 5.90. The van der Waals surface area contributed by atoms with Crippen LogP contribution in [0.4, 0.5) is 0 Å². The van der Waals surface area contributed by atoms with E-state index in [0.29, 0.717) is 11.3 Å². The Bertz CT molecular complexity index is 1180. The molecule has 4 N–H and O–H groups in total. The van der Waals surface area contributed by atoms with Gasteiger partial charge in [0.25, 0.3) is 0 Å². The largest absolute Gasteiger partial charge is 0.506 e. The van der Waals surface area contributed by atoms with E-state index in [0.717, 1.165) is 0 Å². The number of hydrogen-bond acceptors (Lipinski definition) is 9. The van der Waals surface area contributed by atoms with Crippen LogP contribution in [0.15, 0.2) is 45.8 Å². The first-order valence-corrected chi connectivity index (χ1v) is 9.98. The number of rotatable bonds is 4. The summed E-state index contributed by atoms with van der Waals surface area (Å²) in [4.78, 5) is 13.3. The molecule has 0 bridgehead atoms. The molecule has 1 aliphatic heterocycles. The van der Waals surface area contributed by atoms with Crippen molar-refractivity contribution in [3.8, 4) is 28.4 Å². The first-order chi connectivity index (χ1) is 15.3. The van der Waals surface area contributed by atoms with Gasteiger partial charge in [-0.3, -0.25) is 4.79 Å². The molecule has 0 radical (unpaired) electrons. The smallest absolute Gasteiger partial charge is 0.204 e. The van der Waals surface area contributed by atoms with Crippen LogP contribution in [-0.2, 0) is 4.74 Å². The second-order valence-electron chi connectivity index (χ2n) is 7.65. The summed E-state index contributed by atoms with van der Waals surface area (Å²) in [6.07, 6.45) is -5.23. The molecule has 1 aromatic heterocycles. The summed E-state index contributed by atoms with van der Waals surface area (Å²) in [6, 6.07) is 8.16. The first kappa shape index (κ1) is 22.1. The summed E-state index contributed by atoms with van der Waals surface area (Å²) in [5.41, 5.74) is 0.311. The molecule has 9 heteroatoms. The highest BCUT2D eigenvalue weighted by Gasteiger charge is 2.44. The number of aliphatic hydroxyl groups excluding tert-OH is 3. The number of aliphatic hydroxyl groups is 3. The molecule has 9 nitrogen and oxygen atoms in total. The number of aromatic hydroxyl groups is 1. The molecule has 32 heavy (non-hydrogen) atoms. The van der Waals surface area contributed by atoms with Crippen molar-refractivity contribution >= 4 is 11.0 Å². The molecule has 2 aromatic carbocycles. The number of benzene rings is 2. The summed E-state index contributed by atoms with van der Waals surface area (Å²) in [7, 11) is 2.88. The second-order valence-corrected chi connectivity index (χ2v) is 7.65. The molecule has 5 atom stereocenters. The zero-order valence-electron chi connectivity index (χ0n) is 17.7. The van der Waals surface area contributed by atoms with Crippen molar-refractivity contribution in [2.45, 2.75) is 37.4 Å². The Labute approximate surface area is 183 Å². The predicted octanol–water partition coefficient (Wildman–Crippen LogP) is 1.73. The molecule has 0 aliphatic carbocycles. The molecule has 1 aliphatic rings. The van der Waals surface area contributed by atoms with Crippen LogP contribution in [0.5, 0.6) is 17.2 Å². The minimum atomic E-state index is -1.57. The summed E-state index contributed by atoms with van der Waals surface area (Å²) >= 11 is 0. The normalized spacial score (nSPS) is 25.6. The van der Waals surface area contributed by atoms with Gasteiger partial charge in [0.15, 0.2) is 0 Å². The molecule has 1 fully saturated rings. The number of ether oxygens (including phenoxy) is 3. The zero-order chi connectivity index (χ0) is 23.2. The molecule has 0 spiro atoms. The van der Waals surface area contributed by atoms with Gasteiger partial charge in [-0.25, -0.2) is 0 Å². The van der Waals surface area contributed by atoms with E-state index in [1.54, 1.807) is 24.3 Å². The Hall–Kier alpha value is -3.11. The number of hydrogen-bond donors (Lipinski definition) is 4. The summed E-state index contributed by atoms with van der Waals surface area (Å²) in [5, 5.41) is 41.7. The van der Waals surface area contributed by atoms with Gasteiger partial charge in [-0.15, -0.1) is 0 Å². The van der Waals surface area contributed by atoms with Crippen molar-refractivity contribution in [3.63, 3.8) is 0 Å². The van der Waals surface area contributed by atoms with Gasteiger partial charge in [-0.2, -0.15) is 0 Å². The third-order valence-corrected chi connectivity index (χ3v) is 5.80. The van der Waals surface area contributed by atoms with E-state index in [9.17, 15) is 25.2 Å². The van der Waals surface area contributed by atoms with Crippen LogP contribution in [0.2, 0.25) is 0 Å². The fourth-order valence-corrected chi connectivity index (χ4v) is 3.96. The topological polar surface area (TPSA) is 139 Å². The first-order valence-electron chi connectivity index (χ1n) is 9.98. The van der Waals surface area contributed by atoms with Gasteiger partial charge in [0.05, 0.1) is 31.5 Å². The molecule has 1 saturated heterocycles. The number of methoxy groups -OCH3 is 2. The summed E-state index contributed by atoms with van der Waals surface area (Å²) in [6.45, 7) is 1.52. The van der Waals surface area contributed by atoms with E-state index in [1.807, 2.05) is 0 Å². The van der Waals surface area contributed by atoms with Gasteiger partial charge in [-0.05, 0) is 24.6 Å². The van der Waals surface area contributed by atoms with E-state index in [4.69, 9.17) is 18.6 Å². The fourth-order valence-electron chi connectivity index (χ4n) is 3.96. The van der Waals surface area contributed by atoms with Crippen molar-refractivity contribution in [2.24, 2.45) is 0 Å². The van der Waals surface area contributed by atoms with Gasteiger partial charge >= 0.3 is 0 Å². The van der Waals surface area contributed by atoms with E-state index in [-0.39, 0.29) is 27.8 Å². The predicted molar refractivity (Wildman–Crippen MR) is 114 cm³/mol. The maximum Gasteiger partial charge on any atom is 0.204 e. The van der Waals surface area contributed by atoms with E-state index in [1.165, 1.54) is 33.5 Å². The quantitative estimate of drug-likeness (QED) is 0.474. The number of phenols is 1. The SMILES string of the molecule is COc1ccc(-c2coc3cc(OC)c(C4OC(C)C(O)C(O)C4O)c(O)c3c2=O)cc1. The highest BCUT2D eigenvalue weighted by atomic mass is 16.5. The Morgan fingerprint density at radius 1 is 0.969 bits per heavy atom. The van der Waals surface area contributed by atoms with Crippen molar-refractivity contribution in [1.29, 1.82) is 0 Å². The van der Waals surface area contributed by atoms with Gasteiger partial charge in [0.2, 0.25) is 5.43 Å². The van der Waals surface area contributed by atoms with Crippen LogP contribution >= 0.6 is 0 Å². The lowest BCUT2D eigenvalue weighted by molar-refractivity contribution is -0.220. The minimum absolute atomic E-state index is 0.0236. The van der Waals surface area contributed by atoms with Crippen molar-refractivity contribution in [3.05, 3.63) is 52.4 Å². The zero-order valence-corrected chi connectivity index (χ0v) is 17.7. The lowest BCUT2D eigenvalue weighted by atomic mass is 9.89. The minimum Gasteiger partial charge on any atom is -0.506 e. The van der Waals surface area contributed by atoms with E-state index < -0.39 is 41.7 Å². The standard InChI is InChI=1S/C23H24O9/c1-10-18(24)21(27)22(28)23(32-10)17-14(30-3)8-15-16(20(17)26)19(25)13(9-31-15)11-4-6-12(29-2)7-5-11/h4-10,18,21-24,26-28H,1-3H3.